The number of benzene rings is 3. The summed E-state index contributed by atoms with van der Waals surface area (Å²) in [7, 11) is -4.68. The summed E-state index contributed by atoms with van der Waals surface area (Å²) >= 11 is 0. The van der Waals surface area contributed by atoms with E-state index >= 15 is 0 Å². The van der Waals surface area contributed by atoms with Crippen LogP contribution in [0.25, 0.3) is 11.0 Å². The van der Waals surface area contributed by atoms with Gasteiger partial charge in [-0.15, -0.1) is 0 Å². The summed E-state index contributed by atoms with van der Waals surface area (Å²) in [5.41, 5.74) is 5.45. The molecule has 1 aliphatic carbocycles. The summed E-state index contributed by atoms with van der Waals surface area (Å²) in [6.45, 7) is 11.4. The van der Waals surface area contributed by atoms with Gasteiger partial charge in [-0.1, -0.05) is 38.1 Å². The number of aromatic amines is 1. The maximum atomic E-state index is 14.7. The highest BCUT2D eigenvalue weighted by molar-refractivity contribution is 7.90. The molecular weight excluding hydrogens is 903 g/mol. The van der Waals surface area contributed by atoms with E-state index in [-0.39, 0.29) is 41.1 Å². The van der Waals surface area contributed by atoms with E-state index in [1.807, 2.05) is 29.2 Å². The van der Waals surface area contributed by atoms with E-state index in [4.69, 9.17) is 23.9 Å². The molecule has 5 fully saturated rings. The van der Waals surface area contributed by atoms with Crippen molar-refractivity contribution in [1.82, 2.24) is 24.5 Å². The van der Waals surface area contributed by atoms with Crippen LogP contribution in [-0.4, -0.2) is 136 Å². The molecule has 18 nitrogen and oxygen atoms in total. The number of rotatable bonds is 11. The van der Waals surface area contributed by atoms with E-state index in [9.17, 15) is 23.3 Å². The predicted octanol–water partition coefficient (Wildman–Crippen LogP) is 6.32. The molecule has 8 heterocycles. The Hall–Kier alpha value is -5.99. The number of ether oxygens (including phenoxy) is 4. The van der Waals surface area contributed by atoms with E-state index in [0.29, 0.717) is 73.9 Å². The number of hydrogen-bond donors (Lipinski definition) is 3. The van der Waals surface area contributed by atoms with Crippen LogP contribution >= 0.6 is 0 Å². The summed E-state index contributed by atoms with van der Waals surface area (Å²) in [4.78, 5) is 43.3. The molecule has 12 rings (SSSR count). The number of nitrogens with zero attached hydrogens (tertiary/aromatic N) is 6. The van der Waals surface area contributed by atoms with Crippen molar-refractivity contribution in [1.29, 1.82) is 0 Å². The van der Waals surface area contributed by atoms with Gasteiger partial charge in [0.05, 0.1) is 59.6 Å². The van der Waals surface area contributed by atoms with E-state index in [2.05, 4.69) is 67.8 Å². The Morgan fingerprint density at radius 2 is 1.81 bits per heavy atom. The maximum absolute atomic E-state index is 14.7. The molecule has 3 aromatic carbocycles. The molecule has 362 valence electrons. The highest BCUT2D eigenvalue weighted by Crippen LogP contribution is 2.55. The number of sulfonamides is 1. The highest BCUT2D eigenvalue weighted by Gasteiger charge is 2.55. The zero-order valence-corrected chi connectivity index (χ0v) is 39.6. The Bertz CT molecular complexity index is 2950. The number of fused-ring (bicyclic) bond motifs is 4. The number of pyridine rings is 1. The number of anilines is 4. The zero-order chi connectivity index (χ0) is 47.2. The van der Waals surface area contributed by atoms with E-state index in [1.165, 1.54) is 30.0 Å². The minimum absolute atomic E-state index is 0.0165. The van der Waals surface area contributed by atoms with Crippen molar-refractivity contribution in [2.75, 3.05) is 87.4 Å². The van der Waals surface area contributed by atoms with Gasteiger partial charge in [0.2, 0.25) is 5.88 Å². The van der Waals surface area contributed by atoms with Crippen LogP contribution in [0.1, 0.15) is 73.0 Å². The largest absolute Gasteiger partial charge is 0.489 e. The number of morpholine rings is 1. The number of H-pyrrole nitrogens is 1. The van der Waals surface area contributed by atoms with Crippen molar-refractivity contribution in [2.24, 2.45) is 5.41 Å². The normalized spacial score (nSPS) is 24.4. The van der Waals surface area contributed by atoms with Crippen molar-refractivity contribution in [3.63, 3.8) is 0 Å². The van der Waals surface area contributed by atoms with Gasteiger partial charge in [-0.2, -0.15) is 4.98 Å². The average Bonchev–Trinajstić information content (AvgIpc) is 4.11. The predicted molar refractivity (Wildman–Crippen MR) is 258 cm³/mol. The van der Waals surface area contributed by atoms with Crippen LogP contribution in [0, 0.1) is 15.5 Å². The molecule has 1 saturated carbocycles. The second-order valence-corrected chi connectivity index (χ2v) is 21.9. The fourth-order valence-electron chi connectivity index (χ4n) is 12.1. The van der Waals surface area contributed by atoms with Crippen LogP contribution < -0.4 is 29.3 Å². The smallest absolute Gasteiger partial charge is 0.297 e. The summed E-state index contributed by atoms with van der Waals surface area (Å²) < 4.78 is 54.7. The van der Waals surface area contributed by atoms with Crippen molar-refractivity contribution in [3.8, 4) is 11.6 Å². The van der Waals surface area contributed by atoms with Crippen LogP contribution in [0.2, 0.25) is 0 Å². The lowest BCUT2D eigenvalue weighted by molar-refractivity contribution is -0.384. The van der Waals surface area contributed by atoms with Gasteiger partial charge in [-0.3, -0.25) is 24.7 Å². The van der Waals surface area contributed by atoms with E-state index < -0.39 is 37.5 Å². The standard InChI is InChI=1S/C50H57N9O9S/c1-30(2)36-6-3-4-7-37(36)39-8-5-13-57(39)34-22-50(23-34)28-56(29-50)33-9-10-38(40(19-33)58-42-18-31-11-12-51-47(31)53-49(42)68-45-27-66-26-43(45)58)48(60)54-69(63,64)35-20-41(59(61)62)46-44(21-35)67-25-32(52-46)24-55-14-16-65-17-15-55/h3-4,6-7,9-12,18-21,30,32,34,39,43,45,52H,5,8,13-17,22-29H2,1-2H3,(H,51,53)(H,54,60)/t32-,39-,43-,45-/m0/s1. The molecule has 7 aliphatic rings. The van der Waals surface area contributed by atoms with Crippen LogP contribution in [0.3, 0.4) is 0 Å². The minimum Gasteiger partial charge on any atom is -0.489 e. The van der Waals surface area contributed by atoms with Crippen molar-refractivity contribution < 1.29 is 37.1 Å². The average molecular weight is 960 g/mol. The first-order valence-corrected chi connectivity index (χ1v) is 25.7. The number of carbonyl (C=O) groups is 1. The lowest BCUT2D eigenvalue weighted by Crippen LogP contribution is -2.66. The molecule has 0 bridgehead atoms. The van der Waals surface area contributed by atoms with Crippen molar-refractivity contribution in [2.45, 2.75) is 80.6 Å². The number of aromatic nitrogens is 2. The first-order chi connectivity index (χ1) is 33.4. The van der Waals surface area contributed by atoms with Crippen LogP contribution in [0.4, 0.5) is 28.4 Å². The van der Waals surface area contributed by atoms with Crippen molar-refractivity contribution >= 4 is 55.4 Å². The summed E-state index contributed by atoms with van der Waals surface area (Å²) in [6.07, 6.45) is 6.03. The zero-order valence-electron chi connectivity index (χ0n) is 38.8. The number of nitrogens with one attached hydrogen (secondary N) is 3. The number of carbonyl (C=O) groups excluding carboxylic acids is 1. The summed E-state index contributed by atoms with van der Waals surface area (Å²) in [5.74, 6) is -0.0503. The molecule has 4 saturated heterocycles. The third-order valence-electron chi connectivity index (χ3n) is 15.5. The van der Waals surface area contributed by atoms with Gasteiger partial charge in [0.25, 0.3) is 21.6 Å². The van der Waals surface area contributed by atoms with Gasteiger partial charge in [-0.05, 0) is 79.6 Å². The molecule has 2 aromatic heterocycles. The number of nitro groups is 1. The summed E-state index contributed by atoms with van der Waals surface area (Å²) in [6, 6.07) is 20.9. The fourth-order valence-corrected chi connectivity index (χ4v) is 13.1. The Labute approximate surface area is 400 Å². The third kappa shape index (κ3) is 7.91. The Kier molecular flexibility index (Phi) is 11.0. The third-order valence-corrected chi connectivity index (χ3v) is 16.8. The van der Waals surface area contributed by atoms with E-state index in [0.717, 1.165) is 62.7 Å². The second-order valence-electron chi connectivity index (χ2n) is 20.2. The number of likely N-dealkylation sites (tertiary alicyclic amines) is 1. The molecule has 69 heavy (non-hydrogen) atoms. The van der Waals surface area contributed by atoms with Gasteiger partial charge in [-0.25, -0.2) is 13.1 Å². The lowest BCUT2D eigenvalue weighted by atomic mass is 9.60. The molecule has 3 N–H and O–H groups in total. The molecule has 1 amide bonds. The molecule has 19 heteroatoms. The SMILES string of the molecule is CC(C)c1ccccc1[C@@H]1CCCN1C1CC2(C1)CN(c1ccc(C(=O)NS(=O)(=O)c3cc4c(c([N+](=O)[O-])c3)N[C@@H](CN3CCOCC3)CO4)c(N3c4cc5cc[nH]c5nc4O[C@H]4COC[C@@H]43)c1)C2. The molecule has 0 unspecified atom stereocenters. The van der Waals surface area contributed by atoms with E-state index in [1.54, 1.807) is 12.3 Å². The van der Waals surface area contributed by atoms with Crippen LogP contribution in [0.15, 0.2) is 77.8 Å². The van der Waals surface area contributed by atoms with Crippen LogP contribution in [0.5, 0.6) is 11.6 Å². The lowest BCUT2D eigenvalue weighted by Gasteiger charge is -2.62. The second kappa shape index (κ2) is 17.2. The van der Waals surface area contributed by atoms with Crippen molar-refractivity contribution in [3.05, 3.63) is 99.7 Å². The quantitative estimate of drug-likeness (QED) is 0.0982. The fraction of sp³-hybridized carbons (Fsp3) is 0.480. The molecule has 4 atom stereocenters. The monoisotopic (exact) mass is 959 g/mol. The maximum Gasteiger partial charge on any atom is 0.297 e. The molecule has 6 aliphatic heterocycles. The summed E-state index contributed by atoms with van der Waals surface area (Å²) in [5, 5.41) is 16.5. The van der Waals surface area contributed by atoms with Gasteiger partial charge in [0.15, 0.2) is 11.4 Å². The highest BCUT2D eigenvalue weighted by atomic mass is 32.2. The molecule has 5 aromatic rings. The first-order valence-electron chi connectivity index (χ1n) is 24.2. The van der Waals surface area contributed by atoms with Crippen LogP contribution in [-0.2, 0) is 19.5 Å². The number of amides is 1. The number of nitro benzene ring substituents is 1. The molecule has 1 spiro atoms. The molecular formula is C50H57N9O9S. The van der Waals surface area contributed by atoms with Gasteiger partial charge in [0, 0.05) is 79.6 Å². The topological polar surface area (TPSA) is 197 Å². The Morgan fingerprint density at radius 1 is 0.986 bits per heavy atom. The van der Waals surface area contributed by atoms with Gasteiger partial charge in [0.1, 0.15) is 24.0 Å². The van der Waals surface area contributed by atoms with Gasteiger partial charge >= 0.3 is 0 Å². The first kappa shape index (κ1) is 44.2. The number of hydrogen-bond acceptors (Lipinski definition) is 15. The minimum atomic E-state index is -4.68. The Morgan fingerprint density at radius 3 is 2.62 bits per heavy atom. The Balaban J connectivity index is 0.833. The molecule has 0 radical (unpaired) electrons. The van der Waals surface area contributed by atoms with Gasteiger partial charge < -0.3 is 39.0 Å².